The van der Waals surface area contributed by atoms with E-state index in [4.69, 9.17) is 5.73 Å². The molecule has 1 atom stereocenters. The Labute approximate surface area is 142 Å². The van der Waals surface area contributed by atoms with E-state index >= 15 is 0 Å². The summed E-state index contributed by atoms with van der Waals surface area (Å²) >= 11 is 1.85. The molecular formula is C14H18ClF2IN2O. The molecule has 2 rings (SSSR count). The Bertz CT molecular complexity index is 554. The van der Waals surface area contributed by atoms with E-state index < -0.39 is 11.6 Å². The van der Waals surface area contributed by atoms with Gasteiger partial charge in [0.1, 0.15) is 0 Å². The van der Waals surface area contributed by atoms with Crippen LogP contribution in [-0.4, -0.2) is 29.9 Å². The fourth-order valence-electron chi connectivity index (χ4n) is 2.40. The van der Waals surface area contributed by atoms with Crippen molar-refractivity contribution in [2.75, 3.05) is 13.1 Å². The van der Waals surface area contributed by atoms with Crippen LogP contribution < -0.4 is 5.73 Å². The third kappa shape index (κ3) is 3.84. The molecule has 0 aliphatic carbocycles. The summed E-state index contributed by atoms with van der Waals surface area (Å²) in [5.74, 6) is -2.21. The molecule has 1 saturated heterocycles. The van der Waals surface area contributed by atoms with E-state index in [2.05, 4.69) is 0 Å². The van der Waals surface area contributed by atoms with Gasteiger partial charge in [0.25, 0.3) is 5.91 Å². The number of piperidine rings is 1. The number of carbonyl (C=O) groups is 1. The van der Waals surface area contributed by atoms with E-state index in [0.717, 1.165) is 12.1 Å². The molecule has 1 amide bonds. The van der Waals surface area contributed by atoms with Gasteiger partial charge in [-0.2, -0.15) is 0 Å². The van der Waals surface area contributed by atoms with Gasteiger partial charge in [0.2, 0.25) is 0 Å². The Morgan fingerprint density at radius 3 is 2.52 bits per heavy atom. The van der Waals surface area contributed by atoms with Crippen LogP contribution in [0.3, 0.4) is 0 Å². The summed E-state index contributed by atoms with van der Waals surface area (Å²) in [6.07, 6.45) is 0.707. The van der Waals surface area contributed by atoms with E-state index in [-0.39, 0.29) is 35.3 Å². The molecule has 1 fully saturated rings. The van der Waals surface area contributed by atoms with E-state index in [9.17, 15) is 13.6 Å². The number of halogens is 4. The number of likely N-dealkylation sites (tertiary alicyclic amines) is 1. The molecule has 0 saturated carbocycles. The van der Waals surface area contributed by atoms with Gasteiger partial charge in [0.05, 0.1) is 5.56 Å². The highest BCUT2D eigenvalue weighted by Crippen LogP contribution is 2.29. The Hall–Kier alpha value is -0.470. The zero-order valence-electron chi connectivity index (χ0n) is 11.8. The average molecular weight is 431 g/mol. The molecule has 21 heavy (non-hydrogen) atoms. The number of hydrogen-bond acceptors (Lipinski definition) is 2. The van der Waals surface area contributed by atoms with Gasteiger partial charge < -0.3 is 10.6 Å². The molecule has 1 aliphatic rings. The minimum absolute atomic E-state index is 0. The lowest BCUT2D eigenvalue weighted by Crippen LogP contribution is -2.54. The predicted molar refractivity (Wildman–Crippen MR) is 88.6 cm³/mol. The summed E-state index contributed by atoms with van der Waals surface area (Å²) in [5.41, 5.74) is 6.06. The lowest BCUT2D eigenvalue weighted by atomic mass is 9.79. The lowest BCUT2D eigenvalue weighted by Gasteiger charge is -2.42. The summed E-state index contributed by atoms with van der Waals surface area (Å²) in [7, 11) is 0. The van der Waals surface area contributed by atoms with Crippen LogP contribution in [0.2, 0.25) is 0 Å². The molecule has 2 N–H and O–H groups in total. The van der Waals surface area contributed by atoms with Crippen molar-refractivity contribution in [3.8, 4) is 0 Å². The highest BCUT2D eigenvalue weighted by molar-refractivity contribution is 14.1. The minimum Gasteiger partial charge on any atom is -0.338 e. The Balaban J connectivity index is 0.00000220. The molecule has 1 aliphatic heterocycles. The summed E-state index contributed by atoms with van der Waals surface area (Å²) in [5, 5.41) is 0. The highest BCUT2D eigenvalue weighted by atomic mass is 127. The van der Waals surface area contributed by atoms with Gasteiger partial charge in [-0.3, -0.25) is 4.79 Å². The van der Waals surface area contributed by atoms with Crippen molar-refractivity contribution in [1.29, 1.82) is 0 Å². The monoisotopic (exact) mass is 430 g/mol. The number of amides is 1. The van der Waals surface area contributed by atoms with Crippen molar-refractivity contribution >= 4 is 40.9 Å². The third-order valence-electron chi connectivity index (χ3n) is 3.84. The van der Waals surface area contributed by atoms with E-state index in [0.29, 0.717) is 23.1 Å². The molecule has 1 aromatic carbocycles. The van der Waals surface area contributed by atoms with Crippen LogP contribution in [0.25, 0.3) is 0 Å². The second-order valence-electron chi connectivity index (χ2n) is 5.86. The van der Waals surface area contributed by atoms with E-state index in [1.807, 2.05) is 36.4 Å². The summed E-state index contributed by atoms with van der Waals surface area (Å²) in [6.45, 7) is 5.07. The Morgan fingerprint density at radius 1 is 1.38 bits per heavy atom. The van der Waals surface area contributed by atoms with Gasteiger partial charge in [-0.25, -0.2) is 8.78 Å². The Morgan fingerprint density at radius 2 is 1.95 bits per heavy atom. The number of nitrogens with zero attached hydrogens (tertiary/aromatic N) is 1. The molecule has 7 heteroatoms. The van der Waals surface area contributed by atoms with Crippen molar-refractivity contribution in [3.63, 3.8) is 0 Å². The molecule has 3 nitrogen and oxygen atoms in total. The first kappa shape index (κ1) is 18.6. The average Bonchev–Trinajstić information content (AvgIpc) is 2.36. The number of hydrogen-bond donors (Lipinski definition) is 1. The number of rotatable bonds is 1. The number of benzene rings is 1. The topological polar surface area (TPSA) is 46.3 Å². The maximum absolute atomic E-state index is 13.3. The second kappa shape index (κ2) is 6.75. The summed E-state index contributed by atoms with van der Waals surface area (Å²) in [4.78, 5) is 14.1. The standard InChI is InChI=1S/C14H17F2IN2O.ClH/c1-14(2)7-19(4-3-12(14)18)13(20)8-5-9(15)10(16)6-11(8)17;/h5-6,12H,3-4,7,18H2,1-2H3;1H. The fraction of sp³-hybridized carbons (Fsp3) is 0.500. The molecule has 1 heterocycles. The van der Waals surface area contributed by atoms with Gasteiger partial charge >= 0.3 is 0 Å². The van der Waals surface area contributed by atoms with Crippen molar-refractivity contribution in [2.24, 2.45) is 11.1 Å². The zero-order valence-corrected chi connectivity index (χ0v) is 14.8. The Kier molecular flexibility index (Phi) is 5.97. The zero-order chi connectivity index (χ0) is 15.1. The van der Waals surface area contributed by atoms with Crippen LogP contribution in [0.15, 0.2) is 12.1 Å². The number of nitrogens with two attached hydrogens (primary N) is 1. The molecular weight excluding hydrogens is 413 g/mol. The van der Waals surface area contributed by atoms with Crippen LogP contribution in [0.4, 0.5) is 8.78 Å². The highest BCUT2D eigenvalue weighted by Gasteiger charge is 2.36. The molecule has 118 valence electrons. The van der Waals surface area contributed by atoms with Gasteiger partial charge in [-0.15, -0.1) is 12.4 Å². The summed E-state index contributed by atoms with van der Waals surface area (Å²) < 4.78 is 26.9. The van der Waals surface area contributed by atoms with Gasteiger partial charge in [0, 0.05) is 22.7 Å². The van der Waals surface area contributed by atoms with E-state index in [1.54, 1.807) is 4.90 Å². The van der Waals surface area contributed by atoms with Crippen LogP contribution in [0.1, 0.15) is 30.6 Å². The maximum Gasteiger partial charge on any atom is 0.255 e. The maximum atomic E-state index is 13.3. The van der Waals surface area contributed by atoms with E-state index in [1.165, 1.54) is 0 Å². The van der Waals surface area contributed by atoms with Crippen LogP contribution >= 0.6 is 35.0 Å². The van der Waals surface area contributed by atoms with Gasteiger partial charge in [-0.1, -0.05) is 13.8 Å². The second-order valence-corrected chi connectivity index (χ2v) is 7.02. The smallest absolute Gasteiger partial charge is 0.255 e. The van der Waals surface area contributed by atoms with Crippen molar-refractivity contribution in [3.05, 3.63) is 32.9 Å². The first-order valence-electron chi connectivity index (χ1n) is 6.42. The van der Waals surface area contributed by atoms with Crippen molar-refractivity contribution in [1.82, 2.24) is 4.90 Å². The number of carbonyl (C=O) groups excluding carboxylic acids is 1. The van der Waals surface area contributed by atoms with Crippen molar-refractivity contribution in [2.45, 2.75) is 26.3 Å². The molecule has 1 unspecified atom stereocenters. The summed E-state index contributed by atoms with van der Waals surface area (Å²) in [6, 6.07) is 2.06. The van der Waals surface area contributed by atoms with Crippen LogP contribution in [0, 0.1) is 20.6 Å². The first-order chi connectivity index (χ1) is 9.22. The van der Waals surface area contributed by atoms with Crippen LogP contribution in [-0.2, 0) is 0 Å². The molecule has 1 aromatic rings. The predicted octanol–water partition coefficient (Wildman–Crippen LogP) is 3.19. The molecule has 0 aromatic heterocycles. The normalized spacial score (nSPS) is 20.9. The quantitative estimate of drug-likeness (QED) is 0.549. The van der Waals surface area contributed by atoms with Gasteiger partial charge in [-0.05, 0) is 46.6 Å². The SMILES string of the molecule is CC1(C)CN(C(=O)c2cc(F)c(F)cc2I)CCC1N.Cl. The van der Waals surface area contributed by atoms with Crippen molar-refractivity contribution < 1.29 is 13.6 Å². The molecule has 0 bridgehead atoms. The van der Waals surface area contributed by atoms with Crippen LogP contribution in [0.5, 0.6) is 0 Å². The molecule has 0 spiro atoms. The first-order valence-corrected chi connectivity index (χ1v) is 7.49. The molecule has 0 radical (unpaired) electrons. The van der Waals surface area contributed by atoms with Gasteiger partial charge in [0.15, 0.2) is 11.6 Å². The minimum atomic E-state index is -0.998. The fourth-order valence-corrected chi connectivity index (χ4v) is 3.06. The largest absolute Gasteiger partial charge is 0.338 e. The third-order valence-corrected chi connectivity index (χ3v) is 4.73. The lowest BCUT2D eigenvalue weighted by molar-refractivity contribution is 0.0531.